The molecule has 2 heterocycles. The van der Waals surface area contributed by atoms with Crippen LogP contribution in [0.5, 0.6) is 0 Å². The summed E-state index contributed by atoms with van der Waals surface area (Å²) < 4.78 is 0. The van der Waals surface area contributed by atoms with Crippen LogP contribution in [0, 0.1) is 17.3 Å². The number of likely N-dealkylation sites (tertiary alicyclic amines) is 1. The zero-order valence-electron chi connectivity index (χ0n) is 11.3. The number of carbonyl (C=O) groups is 3. The Morgan fingerprint density at radius 3 is 2.58 bits per heavy atom. The van der Waals surface area contributed by atoms with Gasteiger partial charge in [-0.05, 0) is 12.3 Å². The van der Waals surface area contributed by atoms with Gasteiger partial charge in [-0.25, -0.2) is 0 Å². The van der Waals surface area contributed by atoms with Crippen LogP contribution in [0.25, 0.3) is 0 Å². The Balaban J connectivity index is 2.07. The molecule has 2 aliphatic rings. The van der Waals surface area contributed by atoms with Gasteiger partial charge >= 0.3 is 5.97 Å². The molecule has 0 radical (unpaired) electrons. The minimum absolute atomic E-state index is 0.0221. The van der Waals surface area contributed by atoms with Crippen molar-refractivity contribution >= 4 is 17.8 Å². The predicted molar refractivity (Wildman–Crippen MR) is 67.2 cm³/mol. The largest absolute Gasteiger partial charge is 0.481 e. The molecule has 2 amide bonds. The van der Waals surface area contributed by atoms with E-state index in [2.05, 4.69) is 5.32 Å². The number of amides is 2. The molecule has 106 valence electrons. The lowest BCUT2D eigenvalue weighted by molar-refractivity contribution is -0.151. The molecule has 0 aromatic carbocycles. The molecule has 0 aliphatic carbocycles. The van der Waals surface area contributed by atoms with Crippen molar-refractivity contribution in [2.45, 2.75) is 26.7 Å². The molecule has 2 saturated heterocycles. The minimum Gasteiger partial charge on any atom is -0.481 e. The molecule has 0 aromatic rings. The number of nitrogens with one attached hydrogen (secondary N) is 1. The van der Waals surface area contributed by atoms with Crippen molar-refractivity contribution in [1.29, 1.82) is 0 Å². The summed E-state index contributed by atoms with van der Waals surface area (Å²) in [4.78, 5) is 36.5. The Hall–Kier alpha value is -1.59. The molecule has 0 spiro atoms. The standard InChI is InChI=1S/C13H20N2O4/c1-8(2)13(12(18)19)3-4-15(7-13)11(17)9-5-10(16)14-6-9/h8-9H,3-7H2,1-2H3,(H,14,16)(H,18,19). The van der Waals surface area contributed by atoms with Crippen molar-refractivity contribution in [2.75, 3.05) is 19.6 Å². The lowest BCUT2D eigenvalue weighted by Crippen LogP contribution is -2.42. The molecule has 2 aliphatic heterocycles. The Bertz CT molecular complexity index is 421. The number of hydrogen-bond acceptors (Lipinski definition) is 3. The number of carboxylic acids is 1. The normalized spacial score (nSPS) is 30.8. The van der Waals surface area contributed by atoms with Gasteiger partial charge in [-0.2, -0.15) is 0 Å². The fourth-order valence-electron chi connectivity index (χ4n) is 2.95. The van der Waals surface area contributed by atoms with E-state index in [4.69, 9.17) is 0 Å². The first-order chi connectivity index (χ1) is 8.86. The summed E-state index contributed by atoms with van der Waals surface area (Å²) >= 11 is 0. The fraction of sp³-hybridized carbons (Fsp3) is 0.769. The smallest absolute Gasteiger partial charge is 0.311 e. The van der Waals surface area contributed by atoms with E-state index in [0.29, 0.717) is 19.5 Å². The van der Waals surface area contributed by atoms with E-state index in [1.165, 1.54) is 0 Å². The van der Waals surface area contributed by atoms with Gasteiger partial charge in [0.1, 0.15) is 0 Å². The maximum absolute atomic E-state index is 12.3. The first-order valence-corrected chi connectivity index (χ1v) is 6.65. The van der Waals surface area contributed by atoms with Gasteiger partial charge in [0.05, 0.1) is 11.3 Å². The zero-order valence-corrected chi connectivity index (χ0v) is 11.3. The number of carbonyl (C=O) groups excluding carboxylic acids is 2. The quantitative estimate of drug-likeness (QED) is 0.759. The average molecular weight is 268 g/mol. The van der Waals surface area contributed by atoms with Gasteiger partial charge < -0.3 is 15.3 Å². The Morgan fingerprint density at radius 1 is 1.47 bits per heavy atom. The molecule has 6 nitrogen and oxygen atoms in total. The molecule has 6 heteroatoms. The lowest BCUT2D eigenvalue weighted by Gasteiger charge is -2.29. The first-order valence-electron chi connectivity index (χ1n) is 6.65. The molecule has 0 saturated carbocycles. The van der Waals surface area contributed by atoms with Gasteiger partial charge in [-0.15, -0.1) is 0 Å². The van der Waals surface area contributed by atoms with Crippen LogP contribution in [0.3, 0.4) is 0 Å². The van der Waals surface area contributed by atoms with Gasteiger partial charge in [0, 0.05) is 26.1 Å². The highest BCUT2D eigenvalue weighted by molar-refractivity contribution is 5.90. The Kier molecular flexibility index (Phi) is 3.52. The fourth-order valence-corrected chi connectivity index (χ4v) is 2.95. The van der Waals surface area contributed by atoms with Crippen LogP contribution in [-0.4, -0.2) is 47.4 Å². The highest BCUT2D eigenvalue weighted by Crippen LogP contribution is 2.38. The van der Waals surface area contributed by atoms with Crippen LogP contribution in [0.15, 0.2) is 0 Å². The van der Waals surface area contributed by atoms with Gasteiger partial charge in [0.25, 0.3) is 0 Å². The van der Waals surface area contributed by atoms with E-state index in [-0.39, 0.29) is 36.6 Å². The van der Waals surface area contributed by atoms with Gasteiger partial charge in [0.2, 0.25) is 11.8 Å². The van der Waals surface area contributed by atoms with Crippen LogP contribution in [0.4, 0.5) is 0 Å². The molecule has 2 fully saturated rings. The third-order valence-corrected chi connectivity index (χ3v) is 4.47. The summed E-state index contributed by atoms with van der Waals surface area (Å²) in [7, 11) is 0. The number of rotatable bonds is 3. The molecule has 2 unspecified atom stereocenters. The minimum atomic E-state index is -0.842. The molecule has 2 N–H and O–H groups in total. The van der Waals surface area contributed by atoms with E-state index in [1.807, 2.05) is 13.8 Å². The molecular formula is C13H20N2O4. The van der Waals surface area contributed by atoms with Crippen LogP contribution < -0.4 is 5.32 Å². The van der Waals surface area contributed by atoms with E-state index in [0.717, 1.165) is 0 Å². The topological polar surface area (TPSA) is 86.7 Å². The molecule has 2 rings (SSSR count). The van der Waals surface area contributed by atoms with Crippen LogP contribution >= 0.6 is 0 Å². The second-order valence-corrected chi connectivity index (χ2v) is 5.83. The van der Waals surface area contributed by atoms with Gasteiger partial charge in [0.15, 0.2) is 0 Å². The molecular weight excluding hydrogens is 248 g/mol. The van der Waals surface area contributed by atoms with Crippen molar-refractivity contribution in [3.05, 3.63) is 0 Å². The maximum Gasteiger partial charge on any atom is 0.311 e. The van der Waals surface area contributed by atoms with Gasteiger partial charge in [-0.1, -0.05) is 13.8 Å². The second kappa shape index (κ2) is 4.83. The van der Waals surface area contributed by atoms with Crippen LogP contribution in [0.2, 0.25) is 0 Å². The summed E-state index contributed by atoms with van der Waals surface area (Å²) in [5.41, 5.74) is -0.842. The Labute approximate surface area is 112 Å². The van der Waals surface area contributed by atoms with Crippen LogP contribution in [0.1, 0.15) is 26.7 Å². The predicted octanol–water partition coefficient (Wildman–Crippen LogP) is 0.0818. The first kappa shape index (κ1) is 13.8. The second-order valence-electron chi connectivity index (χ2n) is 5.83. The highest BCUT2D eigenvalue weighted by Gasteiger charge is 2.49. The third-order valence-electron chi connectivity index (χ3n) is 4.47. The monoisotopic (exact) mass is 268 g/mol. The molecule has 0 bridgehead atoms. The van der Waals surface area contributed by atoms with Crippen molar-refractivity contribution in [1.82, 2.24) is 10.2 Å². The van der Waals surface area contributed by atoms with Gasteiger partial charge in [-0.3, -0.25) is 14.4 Å². The number of carboxylic acid groups (broad SMARTS) is 1. The molecule has 19 heavy (non-hydrogen) atoms. The number of aliphatic carboxylic acids is 1. The Morgan fingerprint density at radius 2 is 2.16 bits per heavy atom. The van der Waals surface area contributed by atoms with Crippen molar-refractivity contribution in [2.24, 2.45) is 17.3 Å². The molecule has 2 atom stereocenters. The van der Waals surface area contributed by atoms with E-state index in [1.54, 1.807) is 4.90 Å². The summed E-state index contributed by atoms with van der Waals surface area (Å²) in [5, 5.41) is 12.1. The van der Waals surface area contributed by atoms with Crippen molar-refractivity contribution < 1.29 is 19.5 Å². The zero-order chi connectivity index (χ0) is 14.2. The average Bonchev–Trinajstić information content (AvgIpc) is 2.94. The third kappa shape index (κ3) is 2.31. The number of hydrogen-bond donors (Lipinski definition) is 2. The van der Waals surface area contributed by atoms with Crippen molar-refractivity contribution in [3.63, 3.8) is 0 Å². The summed E-state index contributed by atoms with van der Waals surface area (Å²) in [5.74, 6) is -1.39. The lowest BCUT2D eigenvalue weighted by atomic mass is 9.76. The van der Waals surface area contributed by atoms with E-state index in [9.17, 15) is 19.5 Å². The summed E-state index contributed by atoms with van der Waals surface area (Å²) in [6.45, 7) is 4.85. The SMILES string of the molecule is CC(C)C1(C(=O)O)CCN(C(=O)C2CNC(=O)C2)C1. The molecule has 0 aromatic heterocycles. The summed E-state index contributed by atoms with van der Waals surface area (Å²) in [6, 6.07) is 0. The van der Waals surface area contributed by atoms with E-state index >= 15 is 0 Å². The van der Waals surface area contributed by atoms with E-state index < -0.39 is 11.4 Å². The highest BCUT2D eigenvalue weighted by atomic mass is 16.4. The summed E-state index contributed by atoms with van der Waals surface area (Å²) in [6.07, 6.45) is 0.705. The number of nitrogens with zero attached hydrogens (tertiary/aromatic N) is 1. The van der Waals surface area contributed by atoms with Crippen molar-refractivity contribution in [3.8, 4) is 0 Å². The maximum atomic E-state index is 12.3. The van der Waals surface area contributed by atoms with Crippen LogP contribution in [-0.2, 0) is 14.4 Å².